The number of benzene rings is 1. The number of nitrogens with two attached hydrogens (primary N) is 1. The van der Waals surface area contributed by atoms with Crippen molar-refractivity contribution in [1.82, 2.24) is 4.72 Å². The van der Waals surface area contributed by atoms with Gasteiger partial charge in [-0.15, -0.1) is 0 Å². The molecule has 0 spiro atoms. The predicted molar refractivity (Wildman–Crippen MR) is 79.7 cm³/mol. The van der Waals surface area contributed by atoms with E-state index in [0.29, 0.717) is 28.6 Å². The van der Waals surface area contributed by atoms with E-state index in [4.69, 9.17) is 5.73 Å². The van der Waals surface area contributed by atoms with E-state index in [9.17, 15) is 8.42 Å². The molecule has 1 aromatic carbocycles. The first-order valence-corrected chi connectivity index (χ1v) is 8.82. The average molecular weight is 294 g/mol. The van der Waals surface area contributed by atoms with Crippen LogP contribution in [0.4, 0.5) is 5.69 Å². The number of hydrogen-bond acceptors (Lipinski definition) is 3. The molecule has 0 amide bonds. The maximum Gasteiger partial charge on any atom is 0.240 e. The fourth-order valence-corrected chi connectivity index (χ4v) is 4.32. The summed E-state index contributed by atoms with van der Waals surface area (Å²) in [6, 6.07) is 5.04. The molecule has 0 atom stereocenters. The molecule has 110 valence electrons. The standard InChI is InChI=1S/C15H22N2O2S/c1-10-14(16)3-2-4-15(10)20(18,19)17-9-13(11-5-6-11)12-7-8-12/h2-4,11-13,17H,5-9,16H2,1H3. The fraction of sp³-hybridized carbons (Fsp3) is 0.600. The molecular formula is C15H22N2O2S. The van der Waals surface area contributed by atoms with E-state index in [2.05, 4.69) is 4.72 Å². The minimum atomic E-state index is -3.45. The number of anilines is 1. The largest absolute Gasteiger partial charge is 0.398 e. The Bertz CT molecular complexity index is 592. The average Bonchev–Trinajstić information content (AvgIpc) is 3.25. The predicted octanol–water partition coefficient (Wildman–Crippen LogP) is 2.29. The van der Waals surface area contributed by atoms with E-state index >= 15 is 0 Å². The first kappa shape index (κ1) is 13.9. The van der Waals surface area contributed by atoms with Gasteiger partial charge in [-0.1, -0.05) is 6.07 Å². The van der Waals surface area contributed by atoms with E-state index in [1.54, 1.807) is 25.1 Å². The minimum Gasteiger partial charge on any atom is -0.398 e. The maximum atomic E-state index is 12.4. The molecule has 3 N–H and O–H groups in total. The van der Waals surface area contributed by atoms with Gasteiger partial charge in [0.1, 0.15) is 0 Å². The summed E-state index contributed by atoms with van der Waals surface area (Å²) in [7, 11) is -3.45. The van der Waals surface area contributed by atoms with Crippen molar-refractivity contribution in [2.75, 3.05) is 12.3 Å². The van der Waals surface area contributed by atoms with Gasteiger partial charge in [0, 0.05) is 12.2 Å². The highest BCUT2D eigenvalue weighted by molar-refractivity contribution is 7.89. The van der Waals surface area contributed by atoms with Crippen LogP contribution in [-0.2, 0) is 10.0 Å². The van der Waals surface area contributed by atoms with Crippen LogP contribution in [0.5, 0.6) is 0 Å². The summed E-state index contributed by atoms with van der Waals surface area (Å²) in [5.41, 5.74) is 6.95. The highest BCUT2D eigenvalue weighted by Gasteiger charge is 2.41. The maximum absolute atomic E-state index is 12.4. The summed E-state index contributed by atoms with van der Waals surface area (Å²) in [6.07, 6.45) is 5.06. The lowest BCUT2D eigenvalue weighted by molar-refractivity contribution is 0.401. The third kappa shape index (κ3) is 2.83. The first-order chi connectivity index (χ1) is 9.49. The smallest absolute Gasteiger partial charge is 0.240 e. The van der Waals surface area contributed by atoms with Crippen molar-refractivity contribution in [3.8, 4) is 0 Å². The fourth-order valence-electron chi connectivity index (χ4n) is 2.97. The van der Waals surface area contributed by atoms with Crippen molar-refractivity contribution in [2.24, 2.45) is 17.8 Å². The number of rotatable bonds is 6. The summed E-state index contributed by atoms with van der Waals surface area (Å²) >= 11 is 0. The lowest BCUT2D eigenvalue weighted by atomic mass is 9.99. The van der Waals surface area contributed by atoms with Gasteiger partial charge in [-0.05, 0) is 68.1 Å². The third-order valence-corrected chi connectivity index (χ3v) is 6.15. The van der Waals surface area contributed by atoms with Crippen molar-refractivity contribution in [3.63, 3.8) is 0 Å². The monoisotopic (exact) mass is 294 g/mol. The van der Waals surface area contributed by atoms with Crippen LogP contribution >= 0.6 is 0 Å². The Balaban J connectivity index is 1.73. The quantitative estimate of drug-likeness (QED) is 0.791. The Hall–Kier alpha value is -1.07. The summed E-state index contributed by atoms with van der Waals surface area (Å²) in [5.74, 6) is 2.02. The second-order valence-corrected chi connectivity index (χ2v) is 7.90. The molecule has 5 heteroatoms. The Labute approximate surface area is 120 Å². The van der Waals surface area contributed by atoms with E-state index in [1.165, 1.54) is 25.7 Å². The third-order valence-electron chi connectivity index (χ3n) is 4.58. The van der Waals surface area contributed by atoms with Crippen LogP contribution in [-0.4, -0.2) is 15.0 Å². The summed E-state index contributed by atoms with van der Waals surface area (Å²) < 4.78 is 27.7. The molecule has 0 unspecified atom stereocenters. The molecule has 4 nitrogen and oxygen atoms in total. The second kappa shape index (κ2) is 5.04. The SMILES string of the molecule is Cc1c(N)cccc1S(=O)(=O)NCC(C1CC1)C1CC1. The van der Waals surface area contributed by atoms with E-state index < -0.39 is 10.0 Å². The summed E-state index contributed by atoms with van der Waals surface area (Å²) in [4.78, 5) is 0.308. The zero-order valence-corrected chi connectivity index (χ0v) is 12.6. The number of nitrogens with one attached hydrogen (secondary N) is 1. The molecule has 0 aliphatic heterocycles. The van der Waals surface area contributed by atoms with E-state index in [-0.39, 0.29) is 0 Å². The second-order valence-electron chi connectivity index (χ2n) is 6.16. The van der Waals surface area contributed by atoms with Gasteiger partial charge in [0.05, 0.1) is 4.90 Å². The Morgan fingerprint density at radius 2 is 1.85 bits per heavy atom. The van der Waals surface area contributed by atoms with Crippen LogP contribution in [0.15, 0.2) is 23.1 Å². The lowest BCUT2D eigenvalue weighted by Gasteiger charge is -2.17. The van der Waals surface area contributed by atoms with Crippen LogP contribution < -0.4 is 10.5 Å². The molecule has 2 aliphatic carbocycles. The number of nitrogen functional groups attached to an aromatic ring is 1. The van der Waals surface area contributed by atoms with Crippen LogP contribution in [0, 0.1) is 24.7 Å². The van der Waals surface area contributed by atoms with Gasteiger partial charge in [0.2, 0.25) is 10.0 Å². The van der Waals surface area contributed by atoms with Gasteiger partial charge < -0.3 is 5.73 Å². The normalized spacial score (nSPS) is 19.5. The van der Waals surface area contributed by atoms with Gasteiger partial charge in [-0.25, -0.2) is 13.1 Å². The van der Waals surface area contributed by atoms with Crippen LogP contribution in [0.1, 0.15) is 31.2 Å². The highest BCUT2D eigenvalue weighted by Crippen LogP contribution is 2.48. The molecule has 3 rings (SSSR count). The summed E-state index contributed by atoms with van der Waals surface area (Å²) in [6.45, 7) is 2.33. The molecule has 2 fully saturated rings. The van der Waals surface area contributed by atoms with E-state index in [1.807, 2.05) is 0 Å². The molecule has 20 heavy (non-hydrogen) atoms. The van der Waals surface area contributed by atoms with E-state index in [0.717, 1.165) is 11.8 Å². The minimum absolute atomic E-state index is 0.308. The molecule has 0 aromatic heterocycles. The molecule has 0 radical (unpaired) electrons. The molecule has 1 aromatic rings. The Morgan fingerprint density at radius 1 is 1.25 bits per heavy atom. The molecular weight excluding hydrogens is 272 g/mol. The number of hydrogen-bond donors (Lipinski definition) is 2. The van der Waals surface area contributed by atoms with Crippen LogP contribution in [0.2, 0.25) is 0 Å². The molecule has 2 aliphatic rings. The van der Waals surface area contributed by atoms with Crippen molar-refractivity contribution in [3.05, 3.63) is 23.8 Å². The molecule has 0 saturated heterocycles. The Morgan fingerprint density at radius 3 is 2.40 bits per heavy atom. The van der Waals surface area contributed by atoms with Gasteiger partial charge in [-0.3, -0.25) is 0 Å². The number of sulfonamides is 1. The van der Waals surface area contributed by atoms with Crippen molar-refractivity contribution in [1.29, 1.82) is 0 Å². The molecule has 0 bridgehead atoms. The van der Waals surface area contributed by atoms with Crippen molar-refractivity contribution < 1.29 is 8.42 Å². The topological polar surface area (TPSA) is 72.2 Å². The van der Waals surface area contributed by atoms with Gasteiger partial charge >= 0.3 is 0 Å². The molecule has 0 heterocycles. The van der Waals surface area contributed by atoms with Gasteiger partial charge in [0.15, 0.2) is 0 Å². The zero-order valence-electron chi connectivity index (χ0n) is 11.8. The van der Waals surface area contributed by atoms with Crippen molar-refractivity contribution in [2.45, 2.75) is 37.5 Å². The first-order valence-electron chi connectivity index (χ1n) is 7.34. The molecule has 2 saturated carbocycles. The lowest BCUT2D eigenvalue weighted by Crippen LogP contribution is -2.31. The van der Waals surface area contributed by atoms with Crippen LogP contribution in [0.25, 0.3) is 0 Å². The van der Waals surface area contributed by atoms with Gasteiger partial charge in [0.25, 0.3) is 0 Å². The van der Waals surface area contributed by atoms with Gasteiger partial charge in [-0.2, -0.15) is 0 Å². The van der Waals surface area contributed by atoms with Crippen LogP contribution in [0.3, 0.4) is 0 Å². The highest BCUT2D eigenvalue weighted by atomic mass is 32.2. The van der Waals surface area contributed by atoms with Crippen molar-refractivity contribution >= 4 is 15.7 Å². The summed E-state index contributed by atoms with van der Waals surface area (Å²) in [5, 5.41) is 0. The Kier molecular flexibility index (Phi) is 3.50. The zero-order chi connectivity index (χ0) is 14.3.